The molecule has 0 amide bonds. The highest BCUT2D eigenvalue weighted by Crippen LogP contribution is 2.18. The van der Waals surface area contributed by atoms with Gasteiger partial charge in [0.1, 0.15) is 12.4 Å². The first-order valence-corrected chi connectivity index (χ1v) is 7.74. The number of rotatable bonds is 4. The molecule has 2 heterocycles. The summed E-state index contributed by atoms with van der Waals surface area (Å²) >= 11 is 0. The predicted molar refractivity (Wildman–Crippen MR) is 86.5 cm³/mol. The van der Waals surface area contributed by atoms with Gasteiger partial charge in [-0.2, -0.15) is 0 Å². The normalized spacial score (nSPS) is 22.8. The maximum absolute atomic E-state index is 11.8. The van der Waals surface area contributed by atoms with Crippen LogP contribution in [0.1, 0.15) is 13.8 Å². The maximum atomic E-state index is 11.8. The van der Waals surface area contributed by atoms with Crippen molar-refractivity contribution in [2.24, 2.45) is 0 Å². The molecule has 5 nitrogen and oxygen atoms in total. The zero-order valence-electron chi connectivity index (χ0n) is 13.0. The average Bonchev–Trinajstić information content (AvgIpc) is 2.47. The van der Waals surface area contributed by atoms with Crippen LogP contribution < -0.4 is 10.3 Å². The Bertz CT molecular complexity index is 688. The Balaban J connectivity index is 1.60. The molecule has 0 unspecified atom stereocenters. The summed E-state index contributed by atoms with van der Waals surface area (Å²) in [6.45, 7) is 7.53. The summed E-state index contributed by atoms with van der Waals surface area (Å²) in [5.41, 5.74) is -0.0845. The van der Waals surface area contributed by atoms with E-state index in [2.05, 4.69) is 23.7 Å². The third-order valence-electron chi connectivity index (χ3n) is 3.92. The number of ether oxygens (including phenoxy) is 2. The molecule has 3 rings (SSSR count). The SMILES string of the molecule is C[C@H]1CN(CCOc2ccc3cc[nH]c(=O)c3c2)C[C@H](C)O1. The summed E-state index contributed by atoms with van der Waals surface area (Å²) in [6.07, 6.45) is 2.19. The Labute approximate surface area is 129 Å². The molecule has 5 heteroatoms. The monoisotopic (exact) mass is 302 g/mol. The fourth-order valence-corrected chi connectivity index (χ4v) is 3.01. The van der Waals surface area contributed by atoms with Gasteiger partial charge in [-0.25, -0.2) is 0 Å². The Morgan fingerprint density at radius 3 is 2.82 bits per heavy atom. The highest BCUT2D eigenvalue weighted by Gasteiger charge is 2.21. The zero-order valence-corrected chi connectivity index (χ0v) is 13.0. The minimum absolute atomic E-state index is 0.0845. The number of morpholine rings is 1. The molecule has 1 fully saturated rings. The van der Waals surface area contributed by atoms with Crippen LogP contribution >= 0.6 is 0 Å². The van der Waals surface area contributed by atoms with Crippen molar-refractivity contribution in [3.63, 3.8) is 0 Å². The van der Waals surface area contributed by atoms with Gasteiger partial charge < -0.3 is 14.5 Å². The van der Waals surface area contributed by atoms with Gasteiger partial charge in [-0.15, -0.1) is 0 Å². The number of nitrogens with zero attached hydrogens (tertiary/aromatic N) is 1. The lowest BCUT2D eigenvalue weighted by molar-refractivity contribution is -0.0699. The van der Waals surface area contributed by atoms with Crippen LogP contribution in [-0.4, -0.2) is 48.3 Å². The lowest BCUT2D eigenvalue weighted by Crippen LogP contribution is -2.46. The number of H-pyrrole nitrogens is 1. The first-order valence-electron chi connectivity index (χ1n) is 7.74. The molecule has 22 heavy (non-hydrogen) atoms. The summed E-state index contributed by atoms with van der Waals surface area (Å²) in [5, 5.41) is 1.58. The fraction of sp³-hybridized carbons (Fsp3) is 0.471. The van der Waals surface area contributed by atoms with Crippen molar-refractivity contribution in [3.8, 4) is 5.75 Å². The van der Waals surface area contributed by atoms with Crippen LogP contribution in [-0.2, 0) is 4.74 Å². The molecule has 1 aliphatic rings. The van der Waals surface area contributed by atoms with Crippen LogP contribution in [0.4, 0.5) is 0 Å². The van der Waals surface area contributed by atoms with Crippen molar-refractivity contribution in [2.75, 3.05) is 26.2 Å². The van der Waals surface area contributed by atoms with Crippen LogP contribution in [0, 0.1) is 0 Å². The number of benzene rings is 1. The van der Waals surface area contributed by atoms with Crippen LogP contribution in [0.15, 0.2) is 35.3 Å². The molecule has 1 aromatic heterocycles. The molecule has 1 aromatic carbocycles. The molecule has 1 N–H and O–H groups in total. The second kappa shape index (κ2) is 6.50. The first kappa shape index (κ1) is 15.1. The van der Waals surface area contributed by atoms with E-state index >= 15 is 0 Å². The van der Waals surface area contributed by atoms with Gasteiger partial charge in [-0.05, 0) is 37.4 Å². The van der Waals surface area contributed by atoms with Gasteiger partial charge in [0.25, 0.3) is 5.56 Å². The van der Waals surface area contributed by atoms with Gasteiger partial charge in [0, 0.05) is 25.8 Å². The lowest BCUT2D eigenvalue weighted by atomic mass is 10.2. The van der Waals surface area contributed by atoms with Crippen LogP contribution in [0.2, 0.25) is 0 Å². The molecule has 1 saturated heterocycles. The van der Waals surface area contributed by atoms with E-state index in [1.807, 2.05) is 18.2 Å². The molecule has 0 saturated carbocycles. The highest BCUT2D eigenvalue weighted by atomic mass is 16.5. The molecular formula is C17H22N2O3. The van der Waals surface area contributed by atoms with E-state index in [9.17, 15) is 4.79 Å². The zero-order chi connectivity index (χ0) is 15.5. The number of aromatic amines is 1. The average molecular weight is 302 g/mol. The lowest BCUT2D eigenvalue weighted by Gasteiger charge is -2.35. The van der Waals surface area contributed by atoms with Crippen LogP contribution in [0.3, 0.4) is 0 Å². The van der Waals surface area contributed by atoms with E-state index in [-0.39, 0.29) is 17.8 Å². The molecule has 0 spiro atoms. The molecule has 2 atom stereocenters. The van der Waals surface area contributed by atoms with E-state index in [4.69, 9.17) is 9.47 Å². The Hall–Kier alpha value is -1.85. The van der Waals surface area contributed by atoms with Gasteiger partial charge >= 0.3 is 0 Å². The third-order valence-corrected chi connectivity index (χ3v) is 3.92. The Morgan fingerprint density at radius 2 is 2.05 bits per heavy atom. The van der Waals surface area contributed by atoms with Crippen molar-refractivity contribution >= 4 is 10.8 Å². The van der Waals surface area contributed by atoms with Crippen molar-refractivity contribution in [1.82, 2.24) is 9.88 Å². The van der Waals surface area contributed by atoms with E-state index < -0.39 is 0 Å². The van der Waals surface area contributed by atoms with Crippen molar-refractivity contribution in [2.45, 2.75) is 26.1 Å². The molecule has 118 valence electrons. The number of pyridine rings is 1. The molecular weight excluding hydrogens is 280 g/mol. The van der Waals surface area contributed by atoms with Gasteiger partial charge in [-0.1, -0.05) is 6.07 Å². The second-order valence-corrected chi connectivity index (χ2v) is 5.92. The van der Waals surface area contributed by atoms with Crippen molar-refractivity contribution < 1.29 is 9.47 Å². The summed E-state index contributed by atoms with van der Waals surface area (Å²) in [7, 11) is 0. The number of aromatic nitrogens is 1. The summed E-state index contributed by atoms with van der Waals surface area (Å²) in [4.78, 5) is 16.8. The minimum atomic E-state index is -0.0845. The Kier molecular flexibility index (Phi) is 4.45. The molecule has 2 aromatic rings. The first-order chi connectivity index (χ1) is 10.6. The number of hydrogen-bond acceptors (Lipinski definition) is 4. The van der Waals surface area contributed by atoms with Gasteiger partial charge in [0.05, 0.1) is 17.6 Å². The molecule has 0 radical (unpaired) electrons. The number of nitrogens with one attached hydrogen (secondary N) is 1. The highest BCUT2D eigenvalue weighted by molar-refractivity contribution is 5.82. The van der Waals surface area contributed by atoms with Gasteiger partial charge in [-0.3, -0.25) is 9.69 Å². The number of fused-ring (bicyclic) bond motifs is 1. The van der Waals surface area contributed by atoms with Gasteiger partial charge in [0.2, 0.25) is 0 Å². The van der Waals surface area contributed by atoms with Crippen LogP contribution in [0.25, 0.3) is 10.8 Å². The number of hydrogen-bond donors (Lipinski definition) is 1. The van der Waals surface area contributed by atoms with Gasteiger partial charge in [0.15, 0.2) is 0 Å². The smallest absolute Gasteiger partial charge is 0.255 e. The topological polar surface area (TPSA) is 54.6 Å². The van der Waals surface area contributed by atoms with E-state index in [1.165, 1.54) is 0 Å². The van der Waals surface area contributed by atoms with E-state index in [0.717, 1.165) is 30.8 Å². The maximum Gasteiger partial charge on any atom is 0.255 e. The van der Waals surface area contributed by atoms with E-state index in [0.29, 0.717) is 12.0 Å². The summed E-state index contributed by atoms with van der Waals surface area (Å²) in [5.74, 6) is 0.735. The largest absolute Gasteiger partial charge is 0.492 e. The standard InChI is InChI=1S/C17H22N2O3/c1-12-10-19(11-13(2)22-12)7-8-21-15-4-3-14-5-6-18-17(20)16(14)9-15/h3-6,9,12-13H,7-8,10-11H2,1-2H3,(H,18,20)/t12-,13-/m0/s1. The Morgan fingerprint density at radius 1 is 1.27 bits per heavy atom. The summed E-state index contributed by atoms with van der Waals surface area (Å²) in [6, 6.07) is 7.51. The molecule has 1 aliphatic heterocycles. The fourth-order valence-electron chi connectivity index (χ4n) is 3.01. The summed E-state index contributed by atoms with van der Waals surface area (Å²) < 4.78 is 11.5. The second-order valence-electron chi connectivity index (χ2n) is 5.92. The molecule has 0 aliphatic carbocycles. The minimum Gasteiger partial charge on any atom is -0.492 e. The quantitative estimate of drug-likeness (QED) is 0.939. The van der Waals surface area contributed by atoms with Crippen LogP contribution in [0.5, 0.6) is 5.75 Å². The predicted octanol–water partition coefficient (Wildman–Crippen LogP) is 2.02. The van der Waals surface area contributed by atoms with Crippen molar-refractivity contribution in [3.05, 3.63) is 40.8 Å². The third kappa shape index (κ3) is 3.48. The molecule has 0 bridgehead atoms. The van der Waals surface area contributed by atoms with Crippen molar-refractivity contribution in [1.29, 1.82) is 0 Å². The van der Waals surface area contributed by atoms with E-state index in [1.54, 1.807) is 12.3 Å².